The highest BCUT2D eigenvalue weighted by molar-refractivity contribution is 7.92. The van der Waals surface area contributed by atoms with E-state index in [4.69, 9.17) is 46.7 Å². The molecule has 8 rings (SSSR count). The third-order valence-corrected chi connectivity index (χ3v) is 16.0. The van der Waals surface area contributed by atoms with Crippen LogP contribution in [0.4, 0.5) is 0 Å². The van der Waals surface area contributed by atoms with E-state index in [9.17, 15) is 0 Å². The number of sulfone groups is 1. The maximum absolute atomic E-state index is 15.1. The Kier molecular flexibility index (Phi) is 18.7. The zero-order valence-electron chi connectivity index (χ0n) is 40.5. The third-order valence-electron chi connectivity index (χ3n) is 12.4. The molecule has 0 spiro atoms. The summed E-state index contributed by atoms with van der Waals surface area (Å²) < 4.78 is 96.6. The van der Waals surface area contributed by atoms with Crippen molar-refractivity contribution >= 4 is 18.4 Å². The molecule has 2 aliphatic rings. The summed E-state index contributed by atoms with van der Waals surface area (Å²) in [5.74, 6) is 0. The highest BCUT2D eigenvalue weighted by atomic mass is 32.2. The van der Waals surface area contributed by atoms with Gasteiger partial charge in [-0.15, -0.1) is 0 Å². The van der Waals surface area contributed by atoms with Crippen LogP contribution in [0.25, 0.3) is 0 Å². The molecule has 12 nitrogen and oxygen atoms in total. The number of benzene rings is 6. The van der Waals surface area contributed by atoms with Gasteiger partial charge in [0.2, 0.25) is 9.84 Å². The second-order valence-electron chi connectivity index (χ2n) is 18.0. The summed E-state index contributed by atoms with van der Waals surface area (Å²) >= 11 is 0. The van der Waals surface area contributed by atoms with Crippen LogP contribution in [-0.2, 0) is 89.6 Å². The van der Waals surface area contributed by atoms with Crippen LogP contribution in [0.15, 0.2) is 199 Å². The summed E-state index contributed by atoms with van der Waals surface area (Å²) in [6.07, 6.45) is -6.93. The van der Waals surface area contributed by atoms with E-state index in [-0.39, 0.29) is 44.5 Å². The van der Waals surface area contributed by atoms with Crippen molar-refractivity contribution in [2.75, 3.05) is 20.3 Å². The van der Waals surface area contributed by atoms with Crippen LogP contribution in [0.2, 0.25) is 13.1 Å². The SMILES string of the molecule is C=C1[C@@H](CO[Si](C)(C)O[C@@H]2[C@@H](OCc3ccccc3)[C@H](OCc3ccccc3)[C@@H](COCc3ccccc3)O[C@H]2S(=O)(=O)c2ccccc2)O[C@H](OC)[C@H](OCc2ccccc2)[C@H]1OCc1ccccc1. The molecular weight excluding hydrogens is 937 g/mol. The quantitative estimate of drug-likeness (QED) is 0.0423. The monoisotopic (exact) mass is 1000 g/mol. The number of hydrogen-bond acceptors (Lipinski definition) is 12. The molecule has 0 amide bonds. The van der Waals surface area contributed by atoms with E-state index in [0.717, 1.165) is 27.8 Å². The maximum Gasteiger partial charge on any atom is 0.332 e. The summed E-state index contributed by atoms with van der Waals surface area (Å²) in [5, 5.41) is 0. The van der Waals surface area contributed by atoms with Crippen LogP contribution in [0, 0.1) is 0 Å². The van der Waals surface area contributed by atoms with Crippen LogP contribution in [0.3, 0.4) is 0 Å². The smallest absolute Gasteiger partial charge is 0.332 e. The summed E-state index contributed by atoms with van der Waals surface area (Å²) in [6, 6.07) is 57.2. The number of ether oxygens (including phenoxy) is 8. The Hall–Kier alpha value is -5.17. The van der Waals surface area contributed by atoms with Gasteiger partial charge in [-0.1, -0.05) is 176 Å². The summed E-state index contributed by atoms with van der Waals surface area (Å²) in [5.41, 5.74) is 3.73. The van der Waals surface area contributed by atoms with Gasteiger partial charge in [0.15, 0.2) is 11.7 Å². The lowest BCUT2D eigenvalue weighted by atomic mass is 9.96. The van der Waals surface area contributed by atoms with Crippen molar-refractivity contribution in [1.29, 1.82) is 0 Å². The van der Waals surface area contributed by atoms with E-state index in [1.807, 2.05) is 165 Å². The first-order chi connectivity index (χ1) is 34.6. The van der Waals surface area contributed by atoms with Crippen molar-refractivity contribution in [1.82, 2.24) is 0 Å². The molecule has 2 fully saturated rings. The molecule has 0 aliphatic carbocycles. The van der Waals surface area contributed by atoms with E-state index in [2.05, 4.69) is 6.58 Å². The molecule has 2 heterocycles. The lowest BCUT2D eigenvalue weighted by Gasteiger charge is -2.47. The minimum absolute atomic E-state index is 0.00420. The molecule has 0 unspecified atom stereocenters. The average Bonchev–Trinajstić information content (AvgIpc) is 3.40. The van der Waals surface area contributed by atoms with Crippen molar-refractivity contribution in [3.63, 3.8) is 0 Å². The number of methoxy groups -OCH3 is 1. The van der Waals surface area contributed by atoms with Gasteiger partial charge >= 0.3 is 8.56 Å². The molecule has 0 bridgehead atoms. The molecule has 71 heavy (non-hydrogen) atoms. The Balaban J connectivity index is 1.09. The fraction of sp³-hybridized carbons (Fsp3) is 0.333. The van der Waals surface area contributed by atoms with Gasteiger partial charge in [-0.2, -0.15) is 0 Å². The Morgan fingerprint density at radius 3 is 1.41 bits per heavy atom. The fourth-order valence-electron chi connectivity index (χ4n) is 8.66. The van der Waals surface area contributed by atoms with E-state index in [1.54, 1.807) is 37.4 Å². The van der Waals surface area contributed by atoms with Crippen LogP contribution in [0.5, 0.6) is 0 Å². The van der Waals surface area contributed by atoms with Gasteiger partial charge in [-0.3, -0.25) is 0 Å². The molecule has 0 saturated carbocycles. The molecule has 2 aliphatic heterocycles. The molecule has 0 N–H and O–H groups in total. The van der Waals surface area contributed by atoms with Gasteiger partial charge < -0.3 is 46.7 Å². The molecule has 0 aromatic heterocycles. The lowest BCUT2D eigenvalue weighted by molar-refractivity contribution is -0.264. The van der Waals surface area contributed by atoms with Gasteiger partial charge in [0.05, 0.1) is 51.1 Å². The third kappa shape index (κ3) is 14.3. The first-order valence-electron chi connectivity index (χ1n) is 23.9. The van der Waals surface area contributed by atoms with Crippen molar-refractivity contribution in [3.8, 4) is 0 Å². The van der Waals surface area contributed by atoms with Gasteiger partial charge in [-0.05, 0) is 58.6 Å². The second kappa shape index (κ2) is 25.5. The molecule has 374 valence electrons. The topological polar surface area (TPSA) is 126 Å². The van der Waals surface area contributed by atoms with E-state index in [1.165, 1.54) is 0 Å². The summed E-state index contributed by atoms with van der Waals surface area (Å²) in [4.78, 5) is 0.0662. The molecule has 6 aromatic rings. The Bertz CT molecular complexity index is 2620. The van der Waals surface area contributed by atoms with E-state index >= 15 is 8.42 Å². The highest BCUT2D eigenvalue weighted by Gasteiger charge is 2.55. The van der Waals surface area contributed by atoms with E-state index in [0.29, 0.717) is 12.2 Å². The number of rotatable bonds is 24. The first-order valence-corrected chi connectivity index (χ1v) is 28.3. The van der Waals surface area contributed by atoms with Gasteiger partial charge in [0.1, 0.15) is 42.7 Å². The molecule has 2 saturated heterocycles. The first kappa shape index (κ1) is 52.2. The van der Waals surface area contributed by atoms with Gasteiger partial charge in [0.25, 0.3) is 0 Å². The van der Waals surface area contributed by atoms with Crippen LogP contribution >= 0.6 is 0 Å². The fourth-order valence-corrected chi connectivity index (χ4v) is 11.9. The van der Waals surface area contributed by atoms with Crippen molar-refractivity contribution in [3.05, 3.63) is 222 Å². The lowest BCUT2D eigenvalue weighted by Crippen LogP contribution is -2.65. The zero-order valence-corrected chi connectivity index (χ0v) is 42.3. The van der Waals surface area contributed by atoms with Crippen molar-refractivity contribution in [2.24, 2.45) is 0 Å². The maximum atomic E-state index is 15.1. The molecule has 6 aromatic carbocycles. The minimum Gasteiger partial charge on any atom is -0.391 e. The van der Waals surface area contributed by atoms with Crippen molar-refractivity contribution in [2.45, 2.75) is 105 Å². The van der Waals surface area contributed by atoms with Gasteiger partial charge in [0, 0.05) is 7.11 Å². The predicted molar refractivity (Wildman–Crippen MR) is 272 cm³/mol. The Morgan fingerprint density at radius 2 is 0.930 bits per heavy atom. The van der Waals surface area contributed by atoms with Crippen molar-refractivity contribution < 1.29 is 55.2 Å². The largest absolute Gasteiger partial charge is 0.391 e. The second-order valence-corrected chi connectivity index (χ2v) is 23.3. The highest BCUT2D eigenvalue weighted by Crippen LogP contribution is 2.38. The Labute approximate surface area is 419 Å². The van der Waals surface area contributed by atoms with Crippen LogP contribution in [-0.4, -0.2) is 91.8 Å². The molecular formula is C57H64O12SSi. The molecule has 9 atom stereocenters. The molecule has 0 radical (unpaired) electrons. The standard InChI is InChI=1S/C57H64O12SSi/c1-42-49(67-56(60-2)54(65-39-47-31-19-9-20-32-47)51(42)62-36-44-25-13-6-14-26-44)41-66-71(3,4)69-55-53(64-38-46-29-17-8-18-30-46)52(63-37-45-27-15-7-16-28-45)50(40-61-35-43-23-11-5-12-24-43)68-57(55)70(58,59)48-33-21-10-22-34-48/h5-34,49-57H,1,35-41H2,2-4H3/t49-,50-,51+,52-,53+,54-,55-,56+,57+/m1/s1. The molecule has 14 heteroatoms. The summed E-state index contributed by atoms with van der Waals surface area (Å²) in [7, 11) is -6.15. The average molecular weight is 1000 g/mol. The predicted octanol–water partition coefficient (Wildman–Crippen LogP) is 9.77. The summed E-state index contributed by atoms with van der Waals surface area (Å²) in [6.45, 7) is 9.34. The Morgan fingerprint density at radius 1 is 0.507 bits per heavy atom. The zero-order chi connectivity index (χ0) is 49.5. The van der Waals surface area contributed by atoms with Crippen LogP contribution < -0.4 is 0 Å². The van der Waals surface area contributed by atoms with Crippen LogP contribution in [0.1, 0.15) is 27.8 Å². The number of hydrogen-bond donors (Lipinski definition) is 0. The van der Waals surface area contributed by atoms with Gasteiger partial charge in [-0.25, -0.2) is 8.42 Å². The minimum atomic E-state index is -4.28. The van der Waals surface area contributed by atoms with E-state index < -0.39 is 72.9 Å². The normalized spacial score (nSPS) is 23.9.